The van der Waals surface area contributed by atoms with Crippen LogP contribution in [-0.4, -0.2) is 40.1 Å². The number of rotatable bonds is 5. The van der Waals surface area contributed by atoms with Crippen LogP contribution in [0.3, 0.4) is 0 Å². The topological polar surface area (TPSA) is 68.2 Å². The van der Waals surface area contributed by atoms with Gasteiger partial charge in [-0.1, -0.05) is 13.8 Å². The lowest BCUT2D eigenvalue weighted by atomic mass is 10.2. The van der Waals surface area contributed by atoms with E-state index in [4.69, 9.17) is 4.74 Å². The van der Waals surface area contributed by atoms with Gasteiger partial charge in [0, 0.05) is 19.0 Å². The molecule has 0 aliphatic rings. The molecule has 0 amide bonds. The van der Waals surface area contributed by atoms with Crippen LogP contribution in [0.15, 0.2) is 17.8 Å². The number of nitrogens with zero attached hydrogens (tertiary/aromatic N) is 4. The van der Waals surface area contributed by atoms with Gasteiger partial charge in [-0.05, 0) is 26.7 Å². The van der Waals surface area contributed by atoms with Crippen molar-refractivity contribution in [1.29, 1.82) is 0 Å². The number of aromatic nitrogens is 3. The smallest absolute Gasteiger partial charge is 0.358 e. The summed E-state index contributed by atoms with van der Waals surface area (Å²) in [5.74, 6) is 0.939. The molecule has 130 valence electrons. The molecular formula is C17H24N4O2S. The van der Waals surface area contributed by atoms with Crippen molar-refractivity contribution in [1.82, 2.24) is 15.0 Å². The molecule has 0 unspecified atom stereocenters. The van der Waals surface area contributed by atoms with Gasteiger partial charge in [-0.3, -0.25) is 0 Å². The summed E-state index contributed by atoms with van der Waals surface area (Å²) in [6, 6.07) is 0. The second-order valence-electron chi connectivity index (χ2n) is 7.07. The molecule has 0 spiro atoms. The highest BCUT2D eigenvalue weighted by Gasteiger charge is 2.20. The maximum Gasteiger partial charge on any atom is 0.358 e. The second-order valence-corrected chi connectivity index (χ2v) is 7.93. The zero-order valence-corrected chi connectivity index (χ0v) is 15.8. The Morgan fingerprint density at radius 3 is 2.54 bits per heavy atom. The first kappa shape index (κ1) is 18.3. The van der Waals surface area contributed by atoms with Crippen molar-refractivity contribution in [2.75, 3.05) is 18.5 Å². The first-order valence-corrected chi connectivity index (χ1v) is 8.76. The molecule has 2 heterocycles. The van der Waals surface area contributed by atoms with Gasteiger partial charge in [-0.2, -0.15) is 0 Å². The molecule has 0 saturated carbocycles. The molecule has 2 aromatic rings. The molecule has 0 radical (unpaired) electrons. The molecule has 0 aliphatic carbocycles. The number of carbonyl (C=O) groups excluding carboxylic acids is 1. The Balaban J connectivity index is 2.11. The number of hydrogen-bond donors (Lipinski definition) is 0. The van der Waals surface area contributed by atoms with E-state index in [1.54, 1.807) is 17.8 Å². The third-order valence-electron chi connectivity index (χ3n) is 3.00. The number of esters is 1. The van der Waals surface area contributed by atoms with Gasteiger partial charge in [-0.25, -0.2) is 19.7 Å². The van der Waals surface area contributed by atoms with Crippen molar-refractivity contribution in [3.05, 3.63) is 23.5 Å². The van der Waals surface area contributed by atoms with Gasteiger partial charge in [0.05, 0.1) is 12.4 Å². The fraction of sp³-hybridized carbons (Fsp3) is 0.529. The molecule has 2 aromatic heterocycles. The normalized spacial score (nSPS) is 11.6. The number of ether oxygens (including phenoxy) is 1. The first-order chi connectivity index (χ1) is 11.2. The molecule has 0 atom stereocenters. The minimum absolute atomic E-state index is 0.299. The summed E-state index contributed by atoms with van der Waals surface area (Å²) in [5.41, 5.74) is 0.410. The quantitative estimate of drug-likeness (QED) is 0.768. The van der Waals surface area contributed by atoms with Crippen LogP contribution in [0, 0.1) is 5.92 Å². The highest BCUT2D eigenvalue weighted by Crippen LogP contribution is 2.23. The third kappa shape index (κ3) is 4.99. The van der Waals surface area contributed by atoms with E-state index in [1.165, 1.54) is 11.3 Å². The molecule has 6 nitrogen and oxygen atoms in total. The van der Waals surface area contributed by atoms with Gasteiger partial charge in [0.1, 0.15) is 22.1 Å². The van der Waals surface area contributed by atoms with E-state index >= 15 is 0 Å². The lowest BCUT2D eigenvalue weighted by molar-refractivity contribution is 0.00638. The van der Waals surface area contributed by atoms with Crippen molar-refractivity contribution >= 4 is 23.1 Å². The lowest BCUT2D eigenvalue weighted by Crippen LogP contribution is -2.24. The minimum atomic E-state index is -0.538. The fourth-order valence-corrected chi connectivity index (χ4v) is 2.83. The number of anilines is 1. The monoisotopic (exact) mass is 348 g/mol. The molecule has 0 saturated heterocycles. The molecule has 24 heavy (non-hydrogen) atoms. The predicted octanol–water partition coefficient (Wildman–Crippen LogP) is 3.65. The van der Waals surface area contributed by atoms with Gasteiger partial charge in [0.25, 0.3) is 0 Å². The van der Waals surface area contributed by atoms with E-state index in [0.717, 1.165) is 12.4 Å². The van der Waals surface area contributed by atoms with E-state index in [-0.39, 0.29) is 0 Å². The van der Waals surface area contributed by atoms with E-state index in [0.29, 0.717) is 22.3 Å². The Kier molecular flexibility index (Phi) is 5.54. The molecule has 7 heteroatoms. The number of hydrogen-bond acceptors (Lipinski definition) is 7. The number of carbonyl (C=O) groups is 1. The molecule has 0 aromatic carbocycles. The van der Waals surface area contributed by atoms with Crippen LogP contribution >= 0.6 is 11.3 Å². The maximum absolute atomic E-state index is 12.0. The van der Waals surface area contributed by atoms with E-state index < -0.39 is 11.6 Å². The maximum atomic E-state index is 12.0. The van der Waals surface area contributed by atoms with Gasteiger partial charge in [0.2, 0.25) is 0 Å². The highest BCUT2D eigenvalue weighted by atomic mass is 32.1. The standard InChI is InChI=1S/C17H24N4O2S/c1-11(2)9-21(6)14-8-18-12(7-19-14)15-20-13(10-24-15)16(22)23-17(3,4)5/h7-8,10-11H,9H2,1-6H3. The van der Waals surface area contributed by atoms with Crippen LogP contribution in [0.5, 0.6) is 0 Å². The Morgan fingerprint density at radius 2 is 2.00 bits per heavy atom. The minimum Gasteiger partial charge on any atom is -0.455 e. The van der Waals surface area contributed by atoms with Crippen LogP contribution < -0.4 is 4.90 Å². The summed E-state index contributed by atoms with van der Waals surface area (Å²) >= 11 is 1.35. The molecular weight excluding hydrogens is 324 g/mol. The van der Waals surface area contributed by atoms with Gasteiger partial charge in [-0.15, -0.1) is 11.3 Å². The largest absolute Gasteiger partial charge is 0.455 e. The van der Waals surface area contributed by atoms with Crippen LogP contribution in [0.4, 0.5) is 5.82 Å². The van der Waals surface area contributed by atoms with Gasteiger partial charge < -0.3 is 9.64 Å². The van der Waals surface area contributed by atoms with E-state index in [1.807, 2.05) is 27.8 Å². The van der Waals surface area contributed by atoms with Crippen LogP contribution in [0.2, 0.25) is 0 Å². The zero-order chi connectivity index (χ0) is 17.9. The van der Waals surface area contributed by atoms with Crippen LogP contribution in [-0.2, 0) is 4.74 Å². The second kappa shape index (κ2) is 7.25. The average molecular weight is 348 g/mol. The Hall–Kier alpha value is -2.02. The Labute approximate surface area is 146 Å². The molecule has 0 N–H and O–H groups in total. The van der Waals surface area contributed by atoms with Gasteiger partial charge in [0.15, 0.2) is 5.69 Å². The molecule has 0 aliphatic heterocycles. The molecule has 2 rings (SSSR count). The predicted molar refractivity (Wildman–Crippen MR) is 96.4 cm³/mol. The van der Waals surface area contributed by atoms with Crippen molar-refractivity contribution in [3.63, 3.8) is 0 Å². The summed E-state index contributed by atoms with van der Waals surface area (Å²) < 4.78 is 5.32. The Morgan fingerprint density at radius 1 is 1.29 bits per heavy atom. The van der Waals surface area contributed by atoms with Crippen molar-refractivity contribution in [2.45, 2.75) is 40.2 Å². The third-order valence-corrected chi connectivity index (χ3v) is 3.86. The lowest BCUT2D eigenvalue weighted by Gasteiger charge is -2.19. The Bertz CT molecular complexity index is 689. The molecule has 0 fully saturated rings. The van der Waals surface area contributed by atoms with E-state index in [9.17, 15) is 4.79 Å². The van der Waals surface area contributed by atoms with Crippen LogP contribution in [0.1, 0.15) is 45.1 Å². The fourth-order valence-electron chi connectivity index (χ4n) is 2.09. The summed E-state index contributed by atoms with van der Waals surface area (Å²) in [4.78, 5) is 27.3. The summed E-state index contributed by atoms with van der Waals surface area (Å²) in [5, 5.41) is 2.34. The van der Waals surface area contributed by atoms with Crippen LogP contribution in [0.25, 0.3) is 10.7 Å². The summed E-state index contributed by atoms with van der Waals surface area (Å²) in [6.45, 7) is 10.7. The van der Waals surface area contributed by atoms with E-state index in [2.05, 4.69) is 33.7 Å². The highest BCUT2D eigenvalue weighted by molar-refractivity contribution is 7.13. The zero-order valence-electron chi connectivity index (χ0n) is 15.0. The molecule has 0 bridgehead atoms. The summed E-state index contributed by atoms with van der Waals surface area (Å²) in [6.07, 6.45) is 3.41. The van der Waals surface area contributed by atoms with Gasteiger partial charge >= 0.3 is 5.97 Å². The van der Waals surface area contributed by atoms with Crippen molar-refractivity contribution in [3.8, 4) is 10.7 Å². The van der Waals surface area contributed by atoms with Crippen molar-refractivity contribution in [2.24, 2.45) is 5.92 Å². The van der Waals surface area contributed by atoms with Crippen molar-refractivity contribution < 1.29 is 9.53 Å². The average Bonchev–Trinajstić information content (AvgIpc) is 2.95. The SMILES string of the molecule is CC(C)CN(C)c1cnc(-c2nc(C(=O)OC(C)(C)C)cs2)cn1. The first-order valence-electron chi connectivity index (χ1n) is 7.88. The number of thiazole rings is 1. The summed E-state index contributed by atoms with van der Waals surface area (Å²) in [7, 11) is 1.99.